The van der Waals surface area contributed by atoms with E-state index in [0.717, 1.165) is 30.9 Å². The zero-order valence-corrected chi connectivity index (χ0v) is 14.0. The number of anilines is 1. The largest absolute Gasteiger partial charge is 0.356 e. The number of hydrogen-bond acceptors (Lipinski definition) is 7. The van der Waals surface area contributed by atoms with Gasteiger partial charge >= 0.3 is 0 Å². The molecule has 0 aliphatic carbocycles. The Labute approximate surface area is 135 Å². The molecule has 2 aromatic heterocycles. The number of aromatic nitrogens is 4. The first-order valence-corrected chi connectivity index (χ1v) is 9.38. The van der Waals surface area contributed by atoms with Gasteiger partial charge in [-0.3, -0.25) is 0 Å². The third-order valence-electron chi connectivity index (χ3n) is 4.03. The first kappa shape index (κ1) is 15.8. The SMILES string of the molecule is Cc1cc(N2CCC[C@H](c3ncncc3S(C)(=O)=O)C2)ncn1. The summed E-state index contributed by atoms with van der Waals surface area (Å²) in [4.78, 5) is 19.0. The lowest BCUT2D eigenvalue weighted by Crippen LogP contribution is -2.35. The van der Waals surface area contributed by atoms with E-state index in [2.05, 4.69) is 24.8 Å². The maximum absolute atomic E-state index is 12.0. The standard InChI is InChI=1S/C15H19N5O2S/c1-11-6-14(18-10-17-11)20-5-3-4-12(8-20)15-13(23(2,21)22)7-16-9-19-15/h6-7,9-10,12H,3-5,8H2,1-2H3/t12-/m0/s1. The van der Waals surface area contributed by atoms with Crippen molar-refractivity contribution in [3.63, 3.8) is 0 Å². The average Bonchev–Trinajstić information content (AvgIpc) is 2.54. The molecule has 3 heterocycles. The van der Waals surface area contributed by atoms with E-state index < -0.39 is 9.84 Å². The van der Waals surface area contributed by atoms with Gasteiger partial charge in [-0.2, -0.15) is 0 Å². The molecule has 0 amide bonds. The van der Waals surface area contributed by atoms with E-state index in [-0.39, 0.29) is 10.8 Å². The van der Waals surface area contributed by atoms with Gasteiger partial charge in [-0.25, -0.2) is 28.4 Å². The molecule has 122 valence electrons. The summed E-state index contributed by atoms with van der Waals surface area (Å²) in [5, 5.41) is 0. The fraction of sp³-hybridized carbons (Fsp3) is 0.467. The van der Waals surface area contributed by atoms with Crippen LogP contribution in [0.4, 0.5) is 5.82 Å². The molecule has 1 saturated heterocycles. The molecule has 8 heteroatoms. The minimum atomic E-state index is -3.34. The fourth-order valence-corrected chi connectivity index (χ4v) is 3.79. The molecule has 0 unspecified atom stereocenters. The molecule has 23 heavy (non-hydrogen) atoms. The van der Waals surface area contributed by atoms with Crippen LogP contribution in [0.5, 0.6) is 0 Å². The summed E-state index contributed by atoms with van der Waals surface area (Å²) in [7, 11) is -3.34. The van der Waals surface area contributed by atoms with Crippen molar-refractivity contribution < 1.29 is 8.42 Å². The van der Waals surface area contributed by atoms with Crippen LogP contribution in [-0.4, -0.2) is 47.7 Å². The normalized spacial score (nSPS) is 18.9. The first-order valence-electron chi connectivity index (χ1n) is 7.48. The Morgan fingerprint density at radius 2 is 2.04 bits per heavy atom. The minimum absolute atomic E-state index is 0.0479. The Hall–Kier alpha value is -2.09. The molecule has 0 saturated carbocycles. The molecule has 1 fully saturated rings. The van der Waals surface area contributed by atoms with Crippen molar-refractivity contribution in [2.24, 2.45) is 0 Å². The second-order valence-corrected chi connectivity index (χ2v) is 7.83. The van der Waals surface area contributed by atoms with Crippen molar-refractivity contribution in [2.45, 2.75) is 30.6 Å². The summed E-state index contributed by atoms with van der Waals surface area (Å²) in [6.45, 7) is 3.51. The van der Waals surface area contributed by atoms with E-state index >= 15 is 0 Å². The number of aryl methyl sites for hydroxylation is 1. The second-order valence-electron chi connectivity index (χ2n) is 5.85. The predicted octanol–water partition coefficient (Wildman–Crippen LogP) is 1.36. The lowest BCUT2D eigenvalue weighted by atomic mass is 9.94. The van der Waals surface area contributed by atoms with Crippen LogP contribution < -0.4 is 4.90 Å². The van der Waals surface area contributed by atoms with Gasteiger partial charge in [-0.15, -0.1) is 0 Å². The van der Waals surface area contributed by atoms with E-state index in [1.54, 1.807) is 6.33 Å². The van der Waals surface area contributed by atoms with Crippen molar-refractivity contribution in [3.05, 3.63) is 36.3 Å². The van der Waals surface area contributed by atoms with Gasteiger partial charge in [0.1, 0.15) is 23.4 Å². The molecule has 7 nitrogen and oxygen atoms in total. The lowest BCUT2D eigenvalue weighted by molar-refractivity contribution is 0.489. The van der Waals surface area contributed by atoms with Gasteiger partial charge in [-0.05, 0) is 19.8 Å². The van der Waals surface area contributed by atoms with Crippen LogP contribution in [0.15, 0.2) is 29.8 Å². The third-order valence-corrected chi connectivity index (χ3v) is 5.14. The van der Waals surface area contributed by atoms with Gasteiger partial charge < -0.3 is 4.90 Å². The highest BCUT2D eigenvalue weighted by atomic mass is 32.2. The van der Waals surface area contributed by atoms with E-state index in [1.807, 2.05) is 13.0 Å². The maximum atomic E-state index is 12.0. The zero-order chi connectivity index (χ0) is 16.4. The van der Waals surface area contributed by atoms with Crippen LogP contribution in [0.1, 0.15) is 30.1 Å². The Morgan fingerprint density at radius 1 is 1.22 bits per heavy atom. The molecular weight excluding hydrogens is 314 g/mol. The highest BCUT2D eigenvalue weighted by Gasteiger charge is 2.28. The molecule has 0 aromatic carbocycles. The molecule has 0 radical (unpaired) electrons. The Morgan fingerprint density at radius 3 is 2.78 bits per heavy atom. The van der Waals surface area contributed by atoms with Crippen molar-refractivity contribution in [1.82, 2.24) is 19.9 Å². The van der Waals surface area contributed by atoms with Gasteiger partial charge in [-0.1, -0.05) is 0 Å². The molecule has 1 aliphatic rings. The van der Waals surface area contributed by atoms with Crippen LogP contribution in [0, 0.1) is 6.92 Å². The summed E-state index contributed by atoms with van der Waals surface area (Å²) < 4.78 is 24.0. The van der Waals surface area contributed by atoms with Gasteiger partial charge in [0, 0.05) is 43.2 Å². The van der Waals surface area contributed by atoms with Crippen molar-refractivity contribution >= 4 is 15.7 Å². The highest BCUT2D eigenvalue weighted by Crippen LogP contribution is 2.31. The van der Waals surface area contributed by atoms with E-state index in [0.29, 0.717) is 12.2 Å². The summed E-state index contributed by atoms with van der Waals surface area (Å²) in [5.41, 5.74) is 1.52. The molecule has 1 aliphatic heterocycles. The van der Waals surface area contributed by atoms with Crippen LogP contribution in [-0.2, 0) is 9.84 Å². The van der Waals surface area contributed by atoms with E-state index in [9.17, 15) is 8.42 Å². The smallest absolute Gasteiger partial charge is 0.178 e. The molecule has 0 N–H and O–H groups in total. The number of rotatable bonds is 3. The average molecular weight is 333 g/mol. The zero-order valence-electron chi connectivity index (χ0n) is 13.2. The topological polar surface area (TPSA) is 88.9 Å². The highest BCUT2D eigenvalue weighted by molar-refractivity contribution is 7.90. The summed E-state index contributed by atoms with van der Waals surface area (Å²) in [5.74, 6) is 0.920. The molecule has 0 bridgehead atoms. The van der Waals surface area contributed by atoms with Crippen molar-refractivity contribution in [3.8, 4) is 0 Å². The fourth-order valence-electron chi connectivity index (χ4n) is 2.94. The van der Waals surface area contributed by atoms with Crippen LogP contribution in [0.3, 0.4) is 0 Å². The van der Waals surface area contributed by atoms with E-state index in [4.69, 9.17) is 0 Å². The third kappa shape index (κ3) is 3.47. The Kier molecular flexibility index (Phi) is 4.25. The Balaban J connectivity index is 1.91. The monoisotopic (exact) mass is 333 g/mol. The van der Waals surface area contributed by atoms with Gasteiger partial charge in [0.25, 0.3) is 0 Å². The quantitative estimate of drug-likeness (QED) is 0.838. The summed E-state index contributed by atoms with van der Waals surface area (Å²) in [6.07, 6.45) is 7.43. The molecular formula is C15H19N5O2S. The Bertz CT molecular complexity index is 809. The van der Waals surface area contributed by atoms with E-state index in [1.165, 1.54) is 18.8 Å². The van der Waals surface area contributed by atoms with Gasteiger partial charge in [0.05, 0.1) is 5.69 Å². The predicted molar refractivity (Wildman–Crippen MR) is 86.1 cm³/mol. The maximum Gasteiger partial charge on any atom is 0.178 e. The molecule has 3 rings (SSSR count). The molecule has 2 aromatic rings. The van der Waals surface area contributed by atoms with Crippen molar-refractivity contribution in [1.29, 1.82) is 0 Å². The summed E-state index contributed by atoms with van der Waals surface area (Å²) >= 11 is 0. The molecule has 1 atom stereocenters. The van der Waals surface area contributed by atoms with Crippen LogP contribution in [0.25, 0.3) is 0 Å². The molecule has 0 spiro atoms. The number of nitrogens with zero attached hydrogens (tertiary/aromatic N) is 5. The van der Waals surface area contributed by atoms with Crippen LogP contribution in [0.2, 0.25) is 0 Å². The number of hydrogen-bond donors (Lipinski definition) is 0. The van der Waals surface area contributed by atoms with Gasteiger partial charge in [0.2, 0.25) is 0 Å². The summed E-state index contributed by atoms with van der Waals surface area (Å²) in [6, 6.07) is 1.94. The lowest BCUT2D eigenvalue weighted by Gasteiger charge is -2.33. The first-order chi connectivity index (χ1) is 10.9. The second kappa shape index (κ2) is 6.19. The number of sulfone groups is 1. The number of piperidine rings is 1. The van der Waals surface area contributed by atoms with Crippen LogP contribution >= 0.6 is 0 Å². The van der Waals surface area contributed by atoms with Crippen molar-refractivity contribution in [2.75, 3.05) is 24.2 Å². The minimum Gasteiger partial charge on any atom is -0.356 e. The van der Waals surface area contributed by atoms with Gasteiger partial charge in [0.15, 0.2) is 9.84 Å².